The van der Waals surface area contributed by atoms with E-state index in [2.05, 4.69) is 15.3 Å². The minimum absolute atomic E-state index is 0.470. The molecule has 0 saturated carbocycles. The highest BCUT2D eigenvalue weighted by Gasteiger charge is 2.07. The van der Waals surface area contributed by atoms with E-state index in [-0.39, 0.29) is 0 Å². The van der Waals surface area contributed by atoms with Gasteiger partial charge < -0.3 is 19.5 Å². The van der Waals surface area contributed by atoms with Crippen molar-refractivity contribution in [2.24, 2.45) is 0 Å². The highest BCUT2D eigenvalue weighted by molar-refractivity contribution is 5.84. The van der Waals surface area contributed by atoms with Crippen molar-refractivity contribution < 1.29 is 14.2 Å². The van der Waals surface area contributed by atoms with Gasteiger partial charge in [-0.3, -0.25) is 0 Å². The molecule has 0 aliphatic rings. The average molecular weight is 311 g/mol. The van der Waals surface area contributed by atoms with Crippen molar-refractivity contribution in [3.63, 3.8) is 0 Å². The minimum atomic E-state index is 0.470. The molecule has 0 saturated heterocycles. The molecule has 3 rings (SSSR count). The average Bonchev–Trinajstić information content (AvgIpc) is 2.60. The molecule has 0 amide bonds. The van der Waals surface area contributed by atoms with E-state index >= 15 is 0 Å². The largest absolute Gasteiger partial charge is 0.497 e. The summed E-state index contributed by atoms with van der Waals surface area (Å²) in [6.45, 7) is 0. The molecule has 23 heavy (non-hydrogen) atoms. The molecular weight excluding hydrogens is 294 g/mol. The van der Waals surface area contributed by atoms with E-state index in [1.165, 1.54) is 0 Å². The fourth-order valence-corrected chi connectivity index (χ4v) is 2.26. The summed E-state index contributed by atoms with van der Waals surface area (Å²) in [4.78, 5) is 8.85. The zero-order valence-corrected chi connectivity index (χ0v) is 13.2. The monoisotopic (exact) mass is 311 g/mol. The zero-order chi connectivity index (χ0) is 16.2. The minimum Gasteiger partial charge on any atom is -0.497 e. The fraction of sp³-hybridized carbons (Fsp3) is 0.176. The molecule has 0 fully saturated rings. The second-order valence-corrected chi connectivity index (χ2v) is 4.82. The van der Waals surface area contributed by atoms with Crippen LogP contribution in [-0.2, 0) is 0 Å². The number of aromatic nitrogens is 2. The van der Waals surface area contributed by atoms with Crippen LogP contribution in [0.1, 0.15) is 0 Å². The van der Waals surface area contributed by atoms with Crippen molar-refractivity contribution in [2.75, 3.05) is 26.6 Å². The molecule has 6 heteroatoms. The molecule has 0 radical (unpaired) electrons. The summed E-state index contributed by atoms with van der Waals surface area (Å²) >= 11 is 0. The number of nitrogens with one attached hydrogen (secondary N) is 1. The van der Waals surface area contributed by atoms with E-state index in [0.717, 1.165) is 16.6 Å². The Balaban J connectivity index is 1.98. The molecule has 1 N–H and O–H groups in total. The Morgan fingerprint density at radius 1 is 0.913 bits per heavy atom. The molecular formula is C17H17N3O3. The number of methoxy groups -OCH3 is 3. The maximum atomic E-state index is 5.35. The summed E-state index contributed by atoms with van der Waals surface area (Å²) in [5.74, 6) is 2.55. The number of anilines is 2. The number of hydrogen-bond donors (Lipinski definition) is 1. The fourth-order valence-electron chi connectivity index (χ4n) is 2.26. The van der Waals surface area contributed by atoms with Crippen molar-refractivity contribution in [3.05, 3.63) is 42.6 Å². The van der Waals surface area contributed by atoms with Crippen LogP contribution in [0.4, 0.5) is 11.6 Å². The molecule has 0 spiro atoms. The number of ether oxygens (including phenoxy) is 3. The second-order valence-electron chi connectivity index (χ2n) is 4.82. The summed E-state index contributed by atoms with van der Waals surface area (Å²) in [5, 5.41) is 4.07. The quantitative estimate of drug-likeness (QED) is 0.779. The first-order valence-electron chi connectivity index (χ1n) is 7.03. The van der Waals surface area contributed by atoms with E-state index in [1.54, 1.807) is 33.6 Å². The summed E-state index contributed by atoms with van der Waals surface area (Å²) in [7, 11) is 4.84. The van der Waals surface area contributed by atoms with E-state index in [9.17, 15) is 0 Å². The predicted octanol–water partition coefficient (Wildman–Crippen LogP) is 3.40. The van der Waals surface area contributed by atoms with Gasteiger partial charge >= 0.3 is 0 Å². The highest BCUT2D eigenvalue weighted by Crippen LogP contribution is 2.28. The van der Waals surface area contributed by atoms with Gasteiger partial charge in [-0.25, -0.2) is 9.97 Å². The van der Waals surface area contributed by atoms with E-state index < -0.39 is 0 Å². The van der Waals surface area contributed by atoms with E-state index in [0.29, 0.717) is 23.2 Å². The van der Waals surface area contributed by atoms with Crippen LogP contribution in [0.3, 0.4) is 0 Å². The van der Waals surface area contributed by atoms with Crippen LogP contribution in [0.5, 0.6) is 17.2 Å². The van der Waals surface area contributed by atoms with Gasteiger partial charge in [0.05, 0.1) is 21.3 Å². The number of hydrogen-bond acceptors (Lipinski definition) is 6. The maximum absolute atomic E-state index is 5.35. The number of rotatable bonds is 5. The van der Waals surface area contributed by atoms with Gasteiger partial charge in [0, 0.05) is 35.5 Å². The van der Waals surface area contributed by atoms with E-state index in [4.69, 9.17) is 14.2 Å². The van der Waals surface area contributed by atoms with Crippen LogP contribution in [0, 0.1) is 0 Å². The number of para-hydroxylation sites is 1. The van der Waals surface area contributed by atoms with Gasteiger partial charge in [0.25, 0.3) is 0 Å². The smallest absolute Gasteiger partial charge is 0.227 e. The van der Waals surface area contributed by atoms with Gasteiger partial charge in [0.2, 0.25) is 5.95 Å². The number of nitrogens with zero attached hydrogens (tertiary/aromatic N) is 2. The van der Waals surface area contributed by atoms with Crippen LogP contribution in [0.15, 0.2) is 42.6 Å². The summed E-state index contributed by atoms with van der Waals surface area (Å²) < 4.78 is 15.9. The van der Waals surface area contributed by atoms with Gasteiger partial charge in [0.1, 0.15) is 22.8 Å². The highest BCUT2D eigenvalue weighted by atomic mass is 16.5. The lowest BCUT2D eigenvalue weighted by Gasteiger charge is -2.10. The van der Waals surface area contributed by atoms with Gasteiger partial charge in [-0.15, -0.1) is 0 Å². The zero-order valence-electron chi connectivity index (χ0n) is 13.2. The van der Waals surface area contributed by atoms with Gasteiger partial charge in [-0.05, 0) is 6.07 Å². The lowest BCUT2D eigenvalue weighted by Crippen LogP contribution is -1.99. The third kappa shape index (κ3) is 3.11. The maximum Gasteiger partial charge on any atom is 0.227 e. The summed E-state index contributed by atoms with van der Waals surface area (Å²) in [6, 6.07) is 11.2. The summed E-state index contributed by atoms with van der Waals surface area (Å²) in [6.07, 6.45) is 1.75. The molecule has 2 aromatic carbocycles. The lowest BCUT2D eigenvalue weighted by molar-refractivity contribution is 0.395. The third-order valence-corrected chi connectivity index (χ3v) is 3.40. The number of fused-ring (bicyclic) bond motifs is 1. The standard InChI is InChI=1S/C17H17N3O3/c1-21-13-7-12(8-14(9-13)22-2)19-17-18-10-11-5-4-6-15(23-3)16(11)20-17/h4-10H,1-3H3,(H,18,19,20). The van der Waals surface area contributed by atoms with Gasteiger partial charge in [-0.1, -0.05) is 12.1 Å². The lowest BCUT2D eigenvalue weighted by atomic mass is 10.2. The Morgan fingerprint density at radius 3 is 2.30 bits per heavy atom. The third-order valence-electron chi connectivity index (χ3n) is 3.40. The topological polar surface area (TPSA) is 65.5 Å². The Morgan fingerprint density at radius 2 is 1.65 bits per heavy atom. The Hall–Kier alpha value is -3.02. The van der Waals surface area contributed by atoms with Crippen LogP contribution < -0.4 is 19.5 Å². The van der Waals surface area contributed by atoms with Crippen molar-refractivity contribution in [2.45, 2.75) is 0 Å². The molecule has 1 aromatic heterocycles. The van der Waals surface area contributed by atoms with Gasteiger partial charge in [0.15, 0.2) is 0 Å². The first kappa shape index (κ1) is 14.9. The molecule has 1 heterocycles. The molecule has 3 aromatic rings. The van der Waals surface area contributed by atoms with E-state index in [1.807, 2.05) is 30.3 Å². The molecule has 0 bridgehead atoms. The van der Waals surface area contributed by atoms with Crippen molar-refractivity contribution >= 4 is 22.5 Å². The van der Waals surface area contributed by atoms with Crippen LogP contribution in [0.2, 0.25) is 0 Å². The predicted molar refractivity (Wildman–Crippen MR) is 88.9 cm³/mol. The Labute approximate surface area is 134 Å². The molecule has 6 nitrogen and oxygen atoms in total. The van der Waals surface area contributed by atoms with Crippen molar-refractivity contribution in [1.29, 1.82) is 0 Å². The molecule has 0 unspecified atom stereocenters. The van der Waals surface area contributed by atoms with Crippen molar-refractivity contribution in [3.8, 4) is 17.2 Å². The Bertz CT molecular complexity index is 814. The molecule has 0 aliphatic heterocycles. The first-order valence-corrected chi connectivity index (χ1v) is 7.03. The van der Waals surface area contributed by atoms with Gasteiger partial charge in [-0.2, -0.15) is 0 Å². The molecule has 118 valence electrons. The molecule has 0 atom stereocenters. The second kappa shape index (κ2) is 6.39. The summed E-state index contributed by atoms with van der Waals surface area (Å²) in [5.41, 5.74) is 1.53. The normalized spacial score (nSPS) is 10.4. The molecule has 0 aliphatic carbocycles. The number of benzene rings is 2. The SMILES string of the molecule is COc1cc(Nc2ncc3cccc(OC)c3n2)cc(OC)c1. The van der Waals surface area contributed by atoms with Crippen LogP contribution in [0.25, 0.3) is 10.9 Å². The first-order chi connectivity index (χ1) is 11.2. The Kier molecular flexibility index (Phi) is 4.14. The van der Waals surface area contributed by atoms with Crippen molar-refractivity contribution in [1.82, 2.24) is 9.97 Å². The van der Waals surface area contributed by atoms with Crippen LogP contribution in [-0.4, -0.2) is 31.3 Å². The van der Waals surface area contributed by atoms with Crippen LogP contribution >= 0.6 is 0 Å².